The summed E-state index contributed by atoms with van der Waals surface area (Å²) in [5.74, 6) is -12.8. The Morgan fingerprint density at radius 3 is 1.88 bits per heavy atom. The van der Waals surface area contributed by atoms with E-state index in [2.05, 4.69) is 42.2 Å². The number of aliphatic hydroxyl groups excluding tert-OH is 1. The van der Waals surface area contributed by atoms with Crippen LogP contribution in [0.2, 0.25) is 0 Å². The summed E-state index contributed by atoms with van der Waals surface area (Å²) in [7, 11) is 0. The van der Waals surface area contributed by atoms with Gasteiger partial charge in [-0.25, -0.2) is 4.79 Å². The van der Waals surface area contributed by atoms with Crippen molar-refractivity contribution in [2.75, 3.05) is 26.2 Å². The minimum atomic E-state index is -1.86. The lowest BCUT2D eigenvalue weighted by Gasteiger charge is -2.28. The van der Waals surface area contributed by atoms with Crippen LogP contribution in [0, 0.1) is 5.92 Å². The van der Waals surface area contributed by atoms with Crippen molar-refractivity contribution in [3.63, 3.8) is 0 Å². The van der Waals surface area contributed by atoms with Crippen molar-refractivity contribution in [3.05, 3.63) is 65.9 Å². The zero-order valence-electron chi connectivity index (χ0n) is 39.3. The standard InChI is InChI=1S/C46H60N10O16/c1-23(2)14-29(41(66)55-33(46(71)72)16-25-20-48-28-7-4-3-6-27(25)28)51-43(68)32(18-39(63)64)54-45(70)35-8-5-13-56(35)37(60)21-49-40(65)31(17-38(61)62)53-42(67)30(15-24-9-11-26(58)12-10-24)52-44(69)34(22-57)50-36(59)19-47/h3-4,6-7,9-12,20,23,29-35,48,57-58H,5,8,13-19,21-22,47H2,1-2H3,(H,49,65)(H,50,59)(H,51,68)(H,52,69)(H,53,67)(H,54,70)(H,55,66)(H,61,62)(H,63,64)(H,71,72)/t29-,30-,31-,32-,33-,34-,35-/m0/s1. The molecule has 1 aliphatic heterocycles. The number of aliphatic carboxylic acids is 3. The Bertz CT molecular complexity index is 2480. The quantitative estimate of drug-likeness (QED) is 0.0356. The number of para-hydroxylation sites is 1. The Hall–Kier alpha value is -8.13. The number of nitrogens with zero attached hydrogens (tertiary/aromatic N) is 1. The summed E-state index contributed by atoms with van der Waals surface area (Å²) in [6.45, 7) is 1.12. The lowest BCUT2D eigenvalue weighted by atomic mass is 10.0. The molecule has 2 heterocycles. The summed E-state index contributed by atoms with van der Waals surface area (Å²) < 4.78 is 0. The summed E-state index contributed by atoms with van der Waals surface area (Å²) >= 11 is 0. The summed E-state index contributed by atoms with van der Waals surface area (Å²) in [5.41, 5.74) is 6.99. The number of likely N-dealkylation sites (tertiary alicyclic amines) is 1. The molecule has 0 saturated carbocycles. The number of phenolic OH excluding ortho intramolecular Hbond substituents is 1. The number of nitrogens with one attached hydrogen (secondary N) is 8. The average Bonchev–Trinajstić information content (AvgIpc) is 3.99. The zero-order chi connectivity index (χ0) is 53.2. The van der Waals surface area contributed by atoms with Gasteiger partial charge in [0.1, 0.15) is 48.0 Å². The molecule has 7 atom stereocenters. The number of carboxylic acids is 3. The number of carboxylic acid groups (broad SMARTS) is 3. The summed E-state index contributed by atoms with van der Waals surface area (Å²) in [5, 5.41) is 65.7. The second-order valence-electron chi connectivity index (χ2n) is 17.4. The molecule has 1 aromatic heterocycles. The van der Waals surface area contributed by atoms with Crippen LogP contribution in [0.4, 0.5) is 0 Å². The van der Waals surface area contributed by atoms with Crippen molar-refractivity contribution in [1.82, 2.24) is 47.1 Å². The molecule has 72 heavy (non-hydrogen) atoms. The first-order valence-corrected chi connectivity index (χ1v) is 22.8. The van der Waals surface area contributed by atoms with Gasteiger partial charge in [0.2, 0.25) is 47.3 Å². The van der Waals surface area contributed by atoms with E-state index in [1.165, 1.54) is 24.3 Å². The number of nitrogens with two attached hydrogens (primary N) is 1. The van der Waals surface area contributed by atoms with Crippen molar-refractivity contribution in [1.29, 1.82) is 0 Å². The fourth-order valence-corrected chi connectivity index (χ4v) is 7.80. The predicted molar refractivity (Wildman–Crippen MR) is 251 cm³/mol. The number of benzene rings is 2. The molecule has 0 radical (unpaired) electrons. The van der Waals surface area contributed by atoms with E-state index in [9.17, 15) is 78.3 Å². The first kappa shape index (κ1) is 56.5. The Kier molecular flexibility index (Phi) is 21.0. The van der Waals surface area contributed by atoms with Crippen molar-refractivity contribution < 1.29 is 78.3 Å². The van der Waals surface area contributed by atoms with Gasteiger partial charge in [0.25, 0.3) is 0 Å². The van der Waals surface area contributed by atoms with Crippen LogP contribution < -0.4 is 43.0 Å². The number of H-pyrrole nitrogens is 1. The van der Waals surface area contributed by atoms with E-state index in [0.29, 0.717) is 11.1 Å². The van der Waals surface area contributed by atoms with Gasteiger partial charge in [-0.05, 0) is 54.5 Å². The number of carbonyl (C=O) groups excluding carboxylic acids is 8. The number of aromatic amines is 1. The number of phenols is 1. The van der Waals surface area contributed by atoms with Crippen molar-refractivity contribution in [3.8, 4) is 5.75 Å². The predicted octanol–water partition coefficient (Wildman–Crippen LogP) is -3.29. The second-order valence-corrected chi connectivity index (χ2v) is 17.4. The van der Waals surface area contributed by atoms with Gasteiger partial charge in [0, 0.05) is 36.5 Å². The molecule has 0 spiro atoms. The maximum atomic E-state index is 13.7. The van der Waals surface area contributed by atoms with Gasteiger partial charge in [0.15, 0.2) is 0 Å². The van der Waals surface area contributed by atoms with Crippen LogP contribution in [0.15, 0.2) is 54.7 Å². The van der Waals surface area contributed by atoms with Crippen LogP contribution in [0.3, 0.4) is 0 Å². The maximum absolute atomic E-state index is 13.7. The second kappa shape index (κ2) is 26.7. The minimum Gasteiger partial charge on any atom is -0.508 e. The molecule has 26 heteroatoms. The molecule has 15 N–H and O–H groups in total. The highest BCUT2D eigenvalue weighted by Gasteiger charge is 2.38. The molecule has 2 aromatic carbocycles. The van der Waals surface area contributed by atoms with Crippen molar-refractivity contribution >= 4 is 76.1 Å². The number of hydrogen-bond acceptors (Lipinski definition) is 14. The Balaban J connectivity index is 1.43. The van der Waals surface area contributed by atoms with E-state index >= 15 is 0 Å². The highest BCUT2D eigenvalue weighted by Crippen LogP contribution is 2.21. The third-order valence-electron chi connectivity index (χ3n) is 11.4. The molecule has 26 nitrogen and oxygen atoms in total. The maximum Gasteiger partial charge on any atom is 0.326 e. The van der Waals surface area contributed by atoms with Crippen LogP contribution in [-0.2, 0) is 65.6 Å². The molecule has 1 aliphatic rings. The average molecular weight is 1010 g/mol. The van der Waals surface area contributed by atoms with E-state index in [-0.39, 0.29) is 50.3 Å². The largest absolute Gasteiger partial charge is 0.508 e. The number of aliphatic hydroxyl groups is 1. The summed E-state index contributed by atoms with van der Waals surface area (Å²) in [6.07, 6.45) is -0.548. The highest BCUT2D eigenvalue weighted by molar-refractivity contribution is 5.99. The normalized spacial score (nSPS) is 15.7. The first-order valence-electron chi connectivity index (χ1n) is 22.8. The molecular weight excluding hydrogens is 949 g/mol. The number of carbonyl (C=O) groups is 11. The smallest absolute Gasteiger partial charge is 0.326 e. The molecule has 1 fully saturated rings. The number of aromatic nitrogens is 1. The molecule has 0 unspecified atom stereocenters. The van der Waals surface area contributed by atoms with Crippen LogP contribution in [0.5, 0.6) is 5.75 Å². The van der Waals surface area contributed by atoms with Crippen LogP contribution >= 0.6 is 0 Å². The monoisotopic (exact) mass is 1010 g/mol. The SMILES string of the molecule is CC(C)C[C@H](NC(=O)[C@H](CC(=O)O)NC(=O)[C@@H]1CCCN1C(=O)CNC(=O)[C@H](CC(=O)O)NC(=O)[C@H](Cc1ccc(O)cc1)NC(=O)[C@H](CO)NC(=O)CN)C(=O)N[C@@H](Cc1c[nH]c2ccccc12)C(=O)O. The van der Waals surface area contributed by atoms with Crippen LogP contribution in [0.25, 0.3) is 10.9 Å². The van der Waals surface area contributed by atoms with E-state index in [1.54, 1.807) is 44.3 Å². The Morgan fingerprint density at radius 1 is 0.694 bits per heavy atom. The van der Waals surface area contributed by atoms with E-state index < -0.39 is 140 Å². The molecule has 8 amide bonds. The van der Waals surface area contributed by atoms with Gasteiger partial charge in [-0.3, -0.25) is 47.9 Å². The molecule has 0 bridgehead atoms. The van der Waals surface area contributed by atoms with Gasteiger partial charge < -0.3 is 78.4 Å². The molecule has 3 aromatic rings. The molecule has 390 valence electrons. The van der Waals surface area contributed by atoms with Crippen LogP contribution in [0.1, 0.15) is 57.1 Å². The zero-order valence-corrected chi connectivity index (χ0v) is 39.3. The Morgan fingerprint density at radius 2 is 1.26 bits per heavy atom. The number of hydrogen-bond donors (Lipinski definition) is 14. The van der Waals surface area contributed by atoms with E-state index in [1.807, 2.05) is 0 Å². The lowest BCUT2D eigenvalue weighted by molar-refractivity contribution is -0.144. The number of amides is 8. The van der Waals surface area contributed by atoms with Crippen molar-refractivity contribution in [2.24, 2.45) is 11.7 Å². The van der Waals surface area contributed by atoms with E-state index in [4.69, 9.17) is 5.73 Å². The molecule has 4 rings (SSSR count). The van der Waals surface area contributed by atoms with Gasteiger partial charge in [-0.1, -0.05) is 44.2 Å². The van der Waals surface area contributed by atoms with Crippen molar-refractivity contribution in [2.45, 2.75) is 101 Å². The number of rotatable bonds is 27. The fourth-order valence-electron chi connectivity index (χ4n) is 7.80. The first-order chi connectivity index (χ1) is 34.1. The number of aromatic hydroxyl groups is 1. The minimum absolute atomic E-state index is 0.0170. The van der Waals surface area contributed by atoms with Gasteiger partial charge in [0.05, 0.1) is 32.5 Å². The van der Waals surface area contributed by atoms with E-state index in [0.717, 1.165) is 15.8 Å². The van der Waals surface area contributed by atoms with Gasteiger partial charge >= 0.3 is 17.9 Å². The topological polar surface area (TPSA) is 418 Å². The third kappa shape index (κ3) is 16.8. The summed E-state index contributed by atoms with van der Waals surface area (Å²) in [4.78, 5) is 147. The third-order valence-corrected chi connectivity index (χ3v) is 11.4. The summed E-state index contributed by atoms with van der Waals surface area (Å²) in [6, 6.07) is 1.59. The van der Waals surface area contributed by atoms with Crippen LogP contribution in [-0.4, -0.2) is 169 Å². The van der Waals surface area contributed by atoms with Gasteiger partial charge in [-0.15, -0.1) is 0 Å². The molecule has 1 saturated heterocycles. The molecular formula is C46H60N10O16. The highest BCUT2D eigenvalue weighted by atomic mass is 16.4. The number of fused-ring (bicyclic) bond motifs is 1. The fraction of sp³-hybridized carbons (Fsp3) is 0.457. The molecule has 0 aliphatic carbocycles. The van der Waals surface area contributed by atoms with Gasteiger partial charge in [-0.2, -0.15) is 0 Å². The lowest BCUT2D eigenvalue weighted by Crippen LogP contribution is -2.59. The Labute approximate surface area is 411 Å².